The predicted octanol–water partition coefficient (Wildman–Crippen LogP) is 2.17. The largest absolute Gasteiger partial charge is 0.483 e. The summed E-state index contributed by atoms with van der Waals surface area (Å²) in [5.41, 5.74) is 2.10. The molecule has 0 aromatic carbocycles. The fraction of sp³-hybridized carbons (Fsp3) is 0.524. The molecule has 176 valence electrons. The number of amides is 1. The highest BCUT2D eigenvalue weighted by molar-refractivity contribution is 7.14. The van der Waals surface area contributed by atoms with E-state index in [1.807, 2.05) is 13.8 Å². The first-order valence-electron chi connectivity index (χ1n) is 10.2. The Morgan fingerprint density at radius 3 is 2.53 bits per heavy atom. The number of hydrogen-bond donors (Lipinski definition) is 4. The number of aromatic amines is 1. The number of likely N-dealkylation sites (tertiary alicyclic amines) is 1. The smallest absolute Gasteiger partial charge is 0.290 e. The molecule has 11 heteroatoms. The molecule has 4 N–H and O–H groups in total. The van der Waals surface area contributed by atoms with Crippen molar-refractivity contribution in [2.24, 2.45) is 0 Å². The summed E-state index contributed by atoms with van der Waals surface area (Å²) in [5, 5.41) is 16.8. The average molecular weight is 467 g/mol. The maximum atomic E-state index is 12.8. The molecule has 1 atom stereocenters. The molecule has 1 unspecified atom stereocenters. The van der Waals surface area contributed by atoms with Gasteiger partial charge < -0.3 is 30.2 Å². The normalized spacial score (nSPS) is 17.6. The van der Waals surface area contributed by atoms with Crippen LogP contribution in [0.4, 0.5) is 0 Å². The Kier molecular flexibility index (Phi) is 9.36. The van der Waals surface area contributed by atoms with Crippen molar-refractivity contribution >= 4 is 30.2 Å². The van der Waals surface area contributed by atoms with Gasteiger partial charge in [-0.2, -0.15) is 0 Å². The number of carboxylic acid groups (broad SMARTS) is 2. The number of piperidine rings is 1. The van der Waals surface area contributed by atoms with Crippen molar-refractivity contribution in [2.45, 2.75) is 44.8 Å². The van der Waals surface area contributed by atoms with E-state index in [9.17, 15) is 4.79 Å². The molecule has 2 aliphatic rings. The molecular formula is C21H30N4O6S. The van der Waals surface area contributed by atoms with Crippen LogP contribution < -0.4 is 5.32 Å². The van der Waals surface area contributed by atoms with Gasteiger partial charge in [-0.05, 0) is 51.8 Å². The summed E-state index contributed by atoms with van der Waals surface area (Å²) in [4.78, 5) is 41.4. The molecule has 4 heterocycles. The summed E-state index contributed by atoms with van der Waals surface area (Å²) in [6.45, 7) is 6.22. The standard InChI is InChI=1S/C19H26N4O2S.2CH2O2/c1-12-11-20-17(21-12)13(2)22-18(24)15-10-14-4-9-25-19(16(14)26-15)5-7-23(3)8-6-19;2*2-1-3/h10-11,13H,4-9H2,1-3H3,(H,20,21)(H,22,24);2*1H,(H,2,3). The van der Waals surface area contributed by atoms with Gasteiger partial charge >= 0.3 is 0 Å². The number of imidazole rings is 1. The zero-order valence-electron chi connectivity index (χ0n) is 18.5. The van der Waals surface area contributed by atoms with Gasteiger partial charge in [-0.3, -0.25) is 14.4 Å². The quantitative estimate of drug-likeness (QED) is 0.504. The van der Waals surface area contributed by atoms with E-state index in [2.05, 4.69) is 33.3 Å². The van der Waals surface area contributed by atoms with Crippen LogP contribution in [0.15, 0.2) is 12.3 Å². The molecule has 2 aromatic heterocycles. The van der Waals surface area contributed by atoms with Gasteiger partial charge in [0.05, 0.1) is 17.5 Å². The zero-order chi connectivity index (χ0) is 23.7. The number of H-pyrrole nitrogens is 1. The molecule has 4 rings (SSSR count). The number of carbonyl (C=O) groups is 3. The van der Waals surface area contributed by atoms with Crippen molar-refractivity contribution in [1.29, 1.82) is 0 Å². The van der Waals surface area contributed by atoms with E-state index in [1.165, 1.54) is 10.4 Å². The lowest BCUT2D eigenvalue weighted by atomic mass is 9.85. The number of hydrogen-bond acceptors (Lipinski definition) is 7. The highest BCUT2D eigenvalue weighted by atomic mass is 32.1. The van der Waals surface area contributed by atoms with Gasteiger partial charge in [0.25, 0.3) is 18.9 Å². The van der Waals surface area contributed by atoms with Crippen molar-refractivity contribution in [2.75, 3.05) is 26.7 Å². The zero-order valence-corrected chi connectivity index (χ0v) is 19.3. The number of rotatable bonds is 3. The fourth-order valence-corrected chi connectivity index (χ4v) is 5.19. The number of nitrogens with zero attached hydrogens (tertiary/aromatic N) is 2. The lowest BCUT2D eigenvalue weighted by Gasteiger charge is -2.42. The van der Waals surface area contributed by atoms with E-state index < -0.39 is 0 Å². The maximum absolute atomic E-state index is 12.8. The molecule has 0 aliphatic carbocycles. The Morgan fingerprint density at radius 2 is 1.97 bits per heavy atom. The maximum Gasteiger partial charge on any atom is 0.290 e. The van der Waals surface area contributed by atoms with Crippen LogP contribution in [-0.2, 0) is 26.3 Å². The first-order valence-corrected chi connectivity index (χ1v) is 11.1. The van der Waals surface area contributed by atoms with Crippen molar-refractivity contribution in [1.82, 2.24) is 20.2 Å². The molecule has 2 aromatic rings. The van der Waals surface area contributed by atoms with Gasteiger partial charge in [0.15, 0.2) is 0 Å². The Labute approximate surface area is 190 Å². The fourth-order valence-electron chi connectivity index (χ4n) is 3.87. The molecule has 0 radical (unpaired) electrons. The highest BCUT2D eigenvalue weighted by Crippen LogP contribution is 2.45. The molecule has 1 saturated heterocycles. The van der Waals surface area contributed by atoms with Crippen LogP contribution in [0.3, 0.4) is 0 Å². The molecule has 0 saturated carbocycles. The van der Waals surface area contributed by atoms with Gasteiger partial charge in [0.1, 0.15) is 11.4 Å². The molecule has 1 spiro atoms. The monoisotopic (exact) mass is 466 g/mol. The molecule has 1 fully saturated rings. The van der Waals surface area contributed by atoms with Crippen LogP contribution in [-0.4, -0.2) is 70.7 Å². The summed E-state index contributed by atoms with van der Waals surface area (Å²) in [6.07, 6.45) is 4.67. The van der Waals surface area contributed by atoms with Crippen LogP contribution in [0.25, 0.3) is 0 Å². The van der Waals surface area contributed by atoms with Crippen LogP contribution >= 0.6 is 11.3 Å². The topological polar surface area (TPSA) is 145 Å². The van der Waals surface area contributed by atoms with Crippen LogP contribution in [0.1, 0.15) is 57.4 Å². The van der Waals surface area contributed by atoms with Crippen LogP contribution in [0, 0.1) is 6.92 Å². The summed E-state index contributed by atoms with van der Waals surface area (Å²) in [5.74, 6) is 0.751. The summed E-state index contributed by atoms with van der Waals surface area (Å²) in [6, 6.07) is 1.92. The second-order valence-corrected chi connectivity index (χ2v) is 8.77. The Balaban J connectivity index is 0.000000547. The third kappa shape index (κ3) is 6.15. The number of ether oxygens (including phenoxy) is 1. The van der Waals surface area contributed by atoms with E-state index in [4.69, 9.17) is 24.5 Å². The minimum Gasteiger partial charge on any atom is -0.483 e. The minimum atomic E-state index is -0.250. The second-order valence-electron chi connectivity index (χ2n) is 7.72. The summed E-state index contributed by atoms with van der Waals surface area (Å²) in [7, 11) is 2.15. The minimum absolute atomic E-state index is 0.0333. The van der Waals surface area contributed by atoms with E-state index in [1.54, 1.807) is 17.5 Å². The summed E-state index contributed by atoms with van der Waals surface area (Å²) >= 11 is 1.61. The first kappa shape index (κ1) is 25.5. The Hall–Kier alpha value is -2.76. The van der Waals surface area contributed by atoms with Crippen molar-refractivity contribution in [3.63, 3.8) is 0 Å². The molecule has 0 bridgehead atoms. The van der Waals surface area contributed by atoms with E-state index in [-0.39, 0.29) is 30.5 Å². The van der Waals surface area contributed by atoms with Crippen molar-refractivity contribution in [3.05, 3.63) is 39.1 Å². The molecule has 32 heavy (non-hydrogen) atoms. The third-order valence-electron chi connectivity index (χ3n) is 5.47. The second kappa shape index (κ2) is 11.7. The van der Waals surface area contributed by atoms with Crippen molar-refractivity contribution in [3.8, 4) is 0 Å². The van der Waals surface area contributed by atoms with Crippen LogP contribution in [0.2, 0.25) is 0 Å². The lowest BCUT2D eigenvalue weighted by molar-refractivity contribution is -0.123. The number of aryl methyl sites for hydroxylation is 1. The number of nitrogens with one attached hydrogen (secondary N) is 2. The third-order valence-corrected chi connectivity index (χ3v) is 6.83. The summed E-state index contributed by atoms with van der Waals surface area (Å²) < 4.78 is 6.26. The van der Waals surface area contributed by atoms with E-state index in [0.29, 0.717) is 0 Å². The predicted molar refractivity (Wildman–Crippen MR) is 119 cm³/mol. The SMILES string of the molecule is Cc1cnc(C(C)NC(=O)c2cc3c(s2)C2(CCN(C)CC2)OCC3)[nH]1.O=CO.O=CO. The number of fused-ring (bicyclic) bond motifs is 2. The molecular weight excluding hydrogens is 436 g/mol. The molecule has 10 nitrogen and oxygen atoms in total. The Morgan fingerprint density at radius 1 is 1.34 bits per heavy atom. The Bertz CT molecular complexity index is 898. The van der Waals surface area contributed by atoms with Gasteiger partial charge in [0, 0.05) is 29.9 Å². The number of aromatic nitrogens is 2. The molecule has 2 aliphatic heterocycles. The average Bonchev–Trinajstić information content (AvgIpc) is 3.39. The number of carbonyl (C=O) groups excluding carboxylic acids is 1. The lowest BCUT2D eigenvalue weighted by Crippen LogP contribution is -2.44. The van der Waals surface area contributed by atoms with E-state index in [0.717, 1.165) is 55.4 Å². The molecule has 1 amide bonds. The van der Waals surface area contributed by atoms with Gasteiger partial charge in [-0.1, -0.05) is 0 Å². The van der Waals surface area contributed by atoms with Crippen molar-refractivity contribution < 1.29 is 29.3 Å². The van der Waals surface area contributed by atoms with E-state index >= 15 is 0 Å². The first-order chi connectivity index (χ1) is 15.3. The highest BCUT2D eigenvalue weighted by Gasteiger charge is 2.42. The van der Waals surface area contributed by atoms with Gasteiger partial charge in [0.2, 0.25) is 0 Å². The van der Waals surface area contributed by atoms with Crippen LogP contribution in [0.5, 0.6) is 0 Å². The number of thiophene rings is 1. The van der Waals surface area contributed by atoms with Gasteiger partial charge in [-0.15, -0.1) is 11.3 Å². The van der Waals surface area contributed by atoms with Gasteiger partial charge in [-0.25, -0.2) is 4.98 Å².